The Hall–Kier alpha value is -1.53. The van der Waals surface area contributed by atoms with Crippen molar-refractivity contribution in [2.75, 3.05) is 5.32 Å². The molecular weight excluding hydrogens is 284 g/mol. The van der Waals surface area contributed by atoms with Crippen LogP contribution < -0.4 is 5.32 Å². The lowest BCUT2D eigenvalue weighted by Crippen LogP contribution is -2.13. The monoisotopic (exact) mass is 296 g/mol. The first-order valence-electron chi connectivity index (χ1n) is 5.74. The third-order valence-electron chi connectivity index (χ3n) is 2.49. The minimum Gasteiger partial charge on any atom is -0.319 e. The summed E-state index contributed by atoms with van der Waals surface area (Å²) in [4.78, 5) is 16.7. The summed E-state index contributed by atoms with van der Waals surface area (Å²) in [6.07, 6.45) is 1.64. The van der Waals surface area contributed by atoms with E-state index in [-0.39, 0.29) is 17.0 Å². The number of aryl methyl sites for hydroxylation is 1. The van der Waals surface area contributed by atoms with Crippen molar-refractivity contribution in [1.82, 2.24) is 14.6 Å². The van der Waals surface area contributed by atoms with Gasteiger partial charge in [-0.15, -0.1) is 5.10 Å². The first-order valence-corrected chi connectivity index (χ1v) is 6.90. The number of hydrogen-bond donors (Lipinski definition) is 1. The fraction of sp³-hybridized carbons (Fsp3) is 0.333. The maximum Gasteiger partial charge on any atom is 0.269 e. The van der Waals surface area contributed by atoms with Gasteiger partial charge in [-0.3, -0.25) is 4.79 Å². The Balaban J connectivity index is 2.26. The van der Waals surface area contributed by atoms with E-state index < -0.39 is 0 Å². The van der Waals surface area contributed by atoms with Gasteiger partial charge in [0.15, 0.2) is 5.15 Å². The number of pyridine rings is 1. The third kappa shape index (κ3) is 3.08. The van der Waals surface area contributed by atoms with Gasteiger partial charge in [0, 0.05) is 6.20 Å². The average molecular weight is 297 g/mol. The van der Waals surface area contributed by atoms with Crippen molar-refractivity contribution in [2.24, 2.45) is 0 Å². The fourth-order valence-electron chi connectivity index (χ4n) is 1.55. The van der Waals surface area contributed by atoms with Crippen LogP contribution in [0.2, 0.25) is 5.15 Å². The van der Waals surface area contributed by atoms with E-state index in [0.717, 1.165) is 17.1 Å². The molecule has 0 spiro atoms. The van der Waals surface area contributed by atoms with Crippen molar-refractivity contribution in [3.8, 4) is 0 Å². The van der Waals surface area contributed by atoms with E-state index in [1.807, 2.05) is 20.8 Å². The molecule has 5 nitrogen and oxygen atoms in total. The maximum atomic E-state index is 12.2. The molecule has 2 rings (SSSR count). The molecule has 0 unspecified atom stereocenters. The van der Waals surface area contributed by atoms with E-state index in [9.17, 15) is 4.79 Å². The second-order valence-corrected chi connectivity index (χ2v) is 5.56. The lowest BCUT2D eigenvalue weighted by Gasteiger charge is -2.07. The number of nitrogens with zero attached hydrogens (tertiary/aromatic N) is 3. The SMILES string of the molecule is Cc1cnc(Cl)c(NC(=O)c2snnc2C(C)C)c1. The molecule has 0 radical (unpaired) electrons. The Bertz CT molecular complexity index is 612. The molecule has 0 aliphatic rings. The van der Waals surface area contributed by atoms with Gasteiger partial charge in [0.05, 0.1) is 11.4 Å². The van der Waals surface area contributed by atoms with Crippen LogP contribution in [0.5, 0.6) is 0 Å². The molecule has 0 atom stereocenters. The number of amides is 1. The van der Waals surface area contributed by atoms with Gasteiger partial charge in [-0.2, -0.15) is 0 Å². The maximum absolute atomic E-state index is 12.2. The number of carbonyl (C=O) groups is 1. The van der Waals surface area contributed by atoms with E-state index in [0.29, 0.717) is 16.3 Å². The summed E-state index contributed by atoms with van der Waals surface area (Å²) in [6, 6.07) is 1.77. The number of anilines is 1. The quantitative estimate of drug-likeness (QED) is 0.883. The summed E-state index contributed by atoms with van der Waals surface area (Å²) in [7, 11) is 0. The smallest absolute Gasteiger partial charge is 0.269 e. The summed E-state index contributed by atoms with van der Waals surface area (Å²) in [5.41, 5.74) is 2.11. The summed E-state index contributed by atoms with van der Waals surface area (Å²) < 4.78 is 3.83. The van der Waals surface area contributed by atoms with Crippen LogP contribution in [-0.4, -0.2) is 20.5 Å². The first-order chi connectivity index (χ1) is 8.99. The molecule has 0 aromatic carbocycles. The van der Waals surface area contributed by atoms with Crippen molar-refractivity contribution in [3.63, 3.8) is 0 Å². The molecule has 100 valence electrons. The van der Waals surface area contributed by atoms with E-state index in [1.165, 1.54) is 0 Å². The molecule has 0 aliphatic carbocycles. The Morgan fingerprint density at radius 3 is 2.89 bits per heavy atom. The highest BCUT2D eigenvalue weighted by Crippen LogP contribution is 2.24. The molecule has 0 fully saturated rings. The van der Waals surface area contributed by atoms with Crippen LogP contribution in [0.1, 0.15) is 40.7 Å². The number of hydrogen-bond acceptors (Lipinski definition) is 5. The van der Waals surface area contributed by atoms with Crippen LogP contribution in [0, 0.1) is 6.92 Å². The van der Waals surface area contributed by atoms with Gasteiger partial charge >= 0.3 is 0 Å². The molecular formula is C12H13ClN4OS. The molecule has 0 bridgehead atoms. The van der Waals surface area contributed by atoms with Crippen molar-refractivity contribution in [1.29, 1.82) is 0 Å². The minimum atomic E-state index is -0.256. The predicted octanol–water partition coefficient (Wildman–Crippen LogP) is 3.27. The molecule has 0 saturated carbocycles. The number of rotatable bonds is 3. The summed E-state index contributed by atoms with van der Waals surface area (Å²) >= 11 is 7.03. The van der Waals surface area contributed by atoms with Gasteiger partial charge in [-0.1, -0.05) is 29.9 Å². The highest BCUT2D eigenvalue weighted by Gasteiger charge is 2.19. The average Bonchev–Trinajstić information content (AvgIpc) is 2.83. The Labute approximate surface area is 120 Å². The standard InChI is InChI=1S/C12H13ClN4OS/c1-6(2)9-10(19-17-16-9)12(18)15-8-4-7(3)5-14-11(8)13/h4-6H,1-3H3,(H,15,18). The van der Waals surface area contributed by atoms with Crippen LogP contribution in [0.3, 0.4) is 0 Å². The Morgan fingerprint density at radius 2 is 2.21 bits per heavy atom. The molecule has 1 N–H and O–H groups in total. The van der Waals surface area contributed by atoms with Crippen LogP contribution >= 0.6 is 23.1 Å². The van der Waals surface area contributed by atoms with Crippen LogP contribution in [0.25, 0.3) is 0 Å². The lowest BCUT2D eigenvalue weighted by atomic mass is 10.1. The van der Waals surface area contributed by atoms with Gasteiger partial charge < -0.3 is 5.32 Å². The molecule has 19 heavy (non-hydrogen) atoms. The Kier molecular flexibility index (Phi) is 4.11. The number of carbonyl (C=O) groups excluding carboxylic acids is 1. The number of nitrogens with one attached hydrogen (secondary N) is 1. The van der Waals surface area contributed by atoms with Crippen molar-refractivity contribution in [2.45, 2.75) is 26.7 Å². The summed E-state index contributed by atoms with van der Waals surface area (Å²) in [5, 5.41) is 6.99. The number of aromatic nitrogens is 3. The molecule has 2 heterocycles. The molecule has 7 heteroatoms. The zero-order chi connectivity index (χ0) is 14.0. The zero-order valence-corrected chi connectivity index (χ0v) is 12.3. The van der Waals surface area contributed by atoms with Gasteiger partial charge in [-0.05, 0) is 36.0 Å². The summed E-state index contributed by atoms with van der Waals surface area (Å²) in [6.45, 7) is 5.82. The minimum absolute atomic E-state index is 0.144. The van der Waals surface area contributed by atoms with Crippen molar-refractivity contribution < 1.29 is 4.79 Å². The van der Waals surface area contributed by atoms with Crippen LogP contribution in [0.15, 0.2) is 12.3 Å². The molecule has 2 aromatic heterocycles. The van der Waals surface area contributed by atoms with Gasteiger partial charge in [-0.25, -0.2) is 4.98 Å². The topological polar surface area (TPSA) is 67.8 Å². The fourth-order valence-corrected chi connectivity index (χ4v) is 2.42. The lowest BCUT2D eigenvalue weighted by molar-refractivity contribution is 0.102. The predicted molar refractivity (Wildman–Crippen MR) is 75.9 cm³/mol. The second kappa shape index (κ2) is 5.63. The van der Waals surface area contributed by atoms with Gasteiger partial charge in [0.2, 0.25) is 0 Å². The van der Waals surface area contributed by atoms with E-state index in [4.69, 9.17) is 11.6 Å². The molecule has 0 saturated heterocycles. The molecule has 2 aromatic rings. The third-order valence-corrected chi connectivity index (χ3v) is 3.53. The van der Waals surface area contributed by atoms with Crippen molar-refractivity contribution >= 4 is 34.7 Å². The van der Waals surface area contributed by atoms with Crippen molar-refractivity contribution in [3.05, 3.63) is 33.6 Å². The van der Waals surface area contributed by atoms with Gasteiger partial charge in [0.1, 0.15) is 4.88 Å². The van der Waals surface area contributed by atoms with E-state index >= 15 is 0 Å². The second-order valence-electron chi connectivity index (χ2n) is 4.45. The van der Waals surface area contributed by atoms with Crippen LogP contribution in [0.4, 0.5) is 5.69 Å². The zero-order valence-electron chi connectivity index (χ0n) is 10.8. The number of halogens is 1. The van der Waals surface area contributed by atoms with E-state index in [2.05, 4.69) is 19.9 Å². The highest BCUT2D eigenvalue weighted by molar-refractivity contribution is 7.08. The Morgan fingerprint density at radius 1 is 1.47 bits per heavy atom. The molecule has 0 aliphatic heterocycles. The van der Waals surface area contributed by atoms with Gasteiger partial charge in [0.25, 0.3) is 5.91 Å². The largest absolute Gasteiger partial charge is 0.319 e. The molecule has 1 amide bonds. The van der Waals surface area contributed by atoms with Crippen LogP contribution in [-0.2, 0) is 0 Å². The summed E-state index contributed by atoms with van der Waals surface area (Å²) in [5.74, 6) is -0.112. The van der Waals surface area contributed by atoms with E-state index in [1.54, 1.807) is 12.3 Å². The normalized spacial score (nSPS) is 10.8. The first kappa shape index (κ1) is 13.9. The highest BCUT2D eigenvalue weighted by atomic mass is 35.5.